The number of para-hydroxylation sites is 3. The molecule has 2 aromatic carbocycles. The van der Waals surface area contributed by atoms with E-state index in [4.69, 9.17) is 0 Å². The van der Waals surface area contributed by atoms with Crippen LogP contribution in [0.2, 0.25) is 0 Å². The maximum absolute atomic E-state index is 14.3. The van der Waals surface area contributed by atoms with E-state index in [0.29, 0.717) is 24.3 Å². The number of anilines is 3. The van der Waals surface area contributed by atoms with Crippen molar-refractivity contribution in [2.24, 2.45) is 0 Å². The van der Waals surface area contributed by atoms with Gasteiger partial charge in [0.25, 0.3) is 0 Å². The van der Waals surface area contributed by atoms with E-state index in [-0.39, 0.29) is 12.4 Å². The molecule has 2 aromatic rings. The van der Waals surface area contributed by atoms with Gasteiger partial charge in [0.05, 0.1) is 11.4 Å². The lowest BCUT2D eigenvalue weighted by molar-refractivity contribution is 0.480. The largest absolute Gasteiger partial charge is 0.317 e. The van der Waals surface area contributed by atoms with Gasteiger partial charge in [0, 0.05) is 6.54 Å². The maximum atomic E-state index is 14.3. The molecule has 3 N–H and O–H groups in total. The minimum atomic E-state index is -3.61. The molecule has 0 spiro atoms. The van der Waals surface area contributed by atoms with Crippen LogP contribution in [0, 0.1) is 11.6 Å². The molecule has 0 saturated carbocycles. The molecular weight excluding hydrogens is 396 g/mol. The lowest BCUT2D eigenvalue weighted by Crippen LogP contribution is -2.33. The summed E-state index contributed by atoms with van der Waals surface area (Å²) in [6.07, 6.45) is 1.57. The van der Waals surface area contributed by atoms with E-state index in [2.05, 4.69) is 5.32 Å². The monoisotopic (exact) mass is 419 g/mol. The molecule has 27 heavy (non-hydrogen) atoms. The van der Waals surface area contributed by atoms with Crippen LogP contribution in [0.5, 0.6) is 0 Å². The molecule has 9 heteroatoms. The van der Waals surface area contributed by atoms with E-state index in [0.717, 1.165) is 35.9 Å². The Morgan fingerprint density at radius 1 is 0.963 bits per heavy atom. The van der Waals surface area contributed by atoms with E-state index in [1.54, 1.807) is 24.3 Å². The molecule has 0 amide bonds. The Morgan fingerprint density at radius 2 is 1.59 bits per heavy atom. The molecule has 0 bridgehead atoms. The van der Waals surface area contributed by atoms with E-state index >= 15 is 0 Å². The fourth-order valence-corrected chi connectivity index (χ4v) is 4.89. The SMILES string of the molecule is CCNCCCCN1c2ccccc2N(c2c(F)cccc2F)S1(O)O.Cl. The van der Waals surface area contributed by atoms with Gasteiger partial charge in [0.2, 0.25) is 0 Å². The number of unbranched alkanes of at least 4 members (excludes halogenated alkanes) is 1. The van der Waals surface area contributed by atoms with Gasteiger partial charge >= 0.3 is 0 Å². The summed E-state index contributed by atoms with van der Waals surface area (Å²) in [4.78, 5) is 0. The fraction of sp³-hybridized carbons (Fsp3) is 0.333. The highest BCUT2D eigenvalue weighted by molar-refractivity contribution is 8.27. The van der Waals surface area contributed by atoms with Gasteiger partial charge in [-0.1, -0.05) is 25.1 Å². The van der Waals surface area contributed by atoms with E-state index in [9.17, 15) is 17.9 Å². The molecule has 150 valence electrons. The first-order chi connectivity index (χ1) is 12.5. The molecule has 0 radical (unpaired) electrons. The Balaban J connectivity index is 0.00000261. The van der Waals surface area contributed by atoms with Crippen LogP contribution in [0.25, 0.3) is 0 Å². The number of fused-ring (bicyclic) bond motifs is 1. The summed E-state index contributed by atoms with van der Waals surface area (Å²) >= 11 is 0. The highest BCUT2D eigenvalue weighted by Crippen LogP contribution is 2.64. The third kappa shape index (κ3) is 4.14. The second-order valence-electron chi connectivity index (χ2n) is 6.01. The second-order valence-corrected chi connectivity index (χ2v) is 7.79. The van der Waals surface area contributed by atoms with Crippen LogP contribution >= 0.6 is 23.4 Å². The van der Waals surface area contributed by atoms with Crippen molar-refractivity contribution in [1.29, 1.82) is 0 Å². The number of benzene rings is 2. The highest BCUT2D eigenvalue weighted by Gasteiger charge is 2.43. The van der Waals surface area contributed by atoms with Crippen LogP contribution in [0.15, 0.2) is 42.5 Å². The zero-order valence-corrected chi connectivity index (χ0v) is 16.6. The molecule has 0 aromatic heterocycles. The van der Waals surface area contributed by atoms with Crippen molar-refractivity contribution in [1.82, 2.24) is 5.32 Å². The average Bonchev–Trinajstić information content (AvgIpc) is 2.82. The molecule has 0 fully saturated rings. The smallest absolute Gasteiger partial charge is 0.151 e. The second kappa shape index (κ2) is 9.07. The standard InChI is InChI=1S/C18H23F2N3O2S.ClH/c1-2-21-12-5-6-13-22-16-10-3-4-11-17(16)23(26(22,24)25)18-14(19)8-7-9-15(18)20;/h3-4,7-11,21,24-25H,2,5-6,12-13H2,1H3;1H. The van der Waals surface area contributed by atoms with E-state index in [1.165, 1.54) is 10.4 Å². The molecule has 0 saturated heterocycles. The van der Waals surface area contributed by atoms with Crippen molar-refractivity contribution in [3.63, 3.8) is 0 Å². The van der Waals surface area contributed by atoms with Crippen LogP contribution in [-0.4, -0.2) is 28.7 Å². The number of rotatable bonds is 7. The third-order valence-electron chi connectivity index (χ3n) is 4.27. The Labute approximate surface area is 166 Å². The third-order valence-corrected chi connectivity index (χ3v) is 6.11. The fourth-order valence-electron chi connectivity index (χ4n) is 3.06. The number of halogens is 3. The number of nitrogens with zero attached hydrogens (tertiary/aromatic N) is 2. The van der Waals surface area contributed by atoms with Crippen LogP contribution < -0.4 is 13.9 Å². The Morgan fingerprint density at radius 3 is 2.22 bits per heavy atom. The lowest BCUT2D eigenvalue weighted by atomic mass is 10.2. The minimum Gasteiger partial charge on any atom is -0.317 e. The van der Waals surface area contributed by atoms with Gasteiger partial charge in [-0.3, -0.25) is 13.4 Å². The van der Waals surface area contributed by atoms with Gasteiger partial charge in [0.1, 0.15) is 5.69 Å². The molecule has 0 unspecified atom stereocenters. The van der Waals surface area contributed by atoms with Gasteiger partial charge in [-0.2, -0.15) is 0 Å². The molecule has 0 atom stereocenters. The average molecular weight is 420 g/mol. The predicted octanol–water partition coefficient (Wildman–Crippen LogP) is 5.32. The zero-order chi connectivity index (χ0) is 18.7. The van der Waals surface area contributed by atoms with Crippen molar-refractivity contribution in [2.75, 3.05) is 28.2 Å². The van der Waals surface area contributed by atoms with Gasteiger partial charge in [-0.05, 0) is 61.2 Å². The first-order valence-corrected chi connectivity index (χ1v) is 10.0. The number of nitrogens with one attached hydrogen (secondary N) is 1. The van der Waals surface area contributed by atoms with Crippen molar-refractivity contribution in [3.8, 4) is 0 Å². The van der Waals surface area contributed by atoms with Crippen molar-refractivity contribution in [2.45, 2.75) is 19.8 Å². The molecule has 0 aliphatic carbocycles. The van der Waals surface area contributed by atoms with Gasteiger partial charge < -0.3 is 5.32 Å². The van der Waals surface area contributed by atoms with E-state index in [1.807, 2.05) is 6.92 Å². The molecule has 1 heterocycles. The van der Waals surface area contributed by atoms with E-state index < -0.39 is 28.3 Å². The van der Waals surface area contributed by atoms with Gasteiger partial charge in [-0.15, -0.1) is 12.4 Å². The first-order valence-electron chi connectivity index (χ1n) is 8.58. The number of hydrogen-bond acceptors (Lipinski definition) is 5. The Bertz CT molecular complexity index is 762. The topological polar surface area (TPSA) is 59.0 Å². The molecular formula is C18H24ClF2N3O2S. The molecule has 3 rings (SSSR count). The summed E-state index contributed by atoms with van der Waals surface area (Å²) in [6, 6.07) is 10.3. The normalized spacial score (nSPS) is 16.0. The molecule has 5 nitrogen and oxygen atoms in total. The molecule has 1 aliphatic heterocycles. The quantitative estimate of drug-likeness (QED) is 0.530. The minimum absolute atomic E-state index is 0. The summed E-state index contributed by atoms with van der Waals surface area (Å²) in [5.74, 6) is -1.68. The van der Waals surface area contributed by atoms with Crippen LogP contribution in [0.4, 0.5) is 25.8 Å². The highest BCUT2D eigenvalue weighted by atomic mass is 35.5. The summed E-state index contributed by atoms with van der Waals surface area (Å²) in [5.41, 5.74) is 0.483. The van der Waals surface area contributed by atoms with Gasteiger partial charge in [-0.25, -0.2) is 13.1 Å². The van der Waals surface area contributed by atoms with Crippen molar-refractivity contribution < 1.29 is 17.9 Å². The number of hydrogen-bond donors (Lipinski definition) is 3. The summed E-state index contributed by atoms with van der Waals surface area (Å²) in [6.45, 7) is 4.10. The predicted molar refractivity (Wildman–Crippen MR) is 110 cm³/mol. The Kier molecular flexibility index (Phi) is 7.30. The maximum Gasteiger partial charge on any atom is 0.151 e. The van der Waals surface area contributed by atoms with Crippen LogP contribution in [0.3, 0.4) is 0 Å². The zero-order valence-electron chi connectivity index (χ0n) is 14.9. The van der Waals surface area contributed by atoms with Crippen molar-refractivity contribution >= 4 is 40.4 Å². The summed E-state index contributed by atoms with van der Waals surface area (Å²) < 4.78 is 52.9. The summed E-state index contributed by atoms with van der Waals surface area (Å²) in [7, 11) is -3.61. The summed E-state index contributed by atoms with van der Waals surface area (Å²) in [5, 5.41) is 3.22. The van der Waals surface area contributed by atoms with Gasteiger partial charge in [0.15, 0.2) is 11.6 Å². The van der Waals surface area contributed by atoms with Crippen LogP contribution in [-0.2, 0) is 0 Å². The molecule has 1 aliphatic rings. The first kappa shape index (κ1) is 21.7. The van der Waals surface area contributed by atoms with Crippen molar-refractivity contribution in [3.05, 3.63) is 54.1 Å². The Hall–Kier alpha value is -1.58. The lowest BCUT2D eigenvalue weighted by Gasteiger charge is -2.43. The van der Waals surface area contributed by atoms with Crippen LogP contribution in [0.1, 0.15) is 19.8 Å².